The lowest BCUT2D eigenvalue weighted by molar-refractivity contribution is 0.261. The Morgan fingerprint density at radius 2 is 2.08 bits per heavy atom. The summed E-state index contributed by atoms with van der Waals surface area (Å²) < 4.78 is 0. The van der Waals surface area contributed by atoms with Crippen molar-refractivity contribution in [3.05, 3.63) is 64.4 Å². The first kappa shape index (κ1) is 18.6. The lowest BCUT2D eigenvalue weighted by atomic mass is 9.99. The van der Waals surface area contributed by atoms with Crippen LogP contribution in [0.5, 0.6) is 0 Å². The first-order valence-electron chi connectivity index (χ1n) is 8.49. The molecule has 0 amide bonds. The molecule has 0 bridgehead atoms. The van der Waals surface area contributed by atoms with Gasteiger partial charge in [-0.15, -0.1) is 11.8 Å². The molecular weight excluding hydrogens is 371 g/mol. The van der Waals surface area contributed by atoms with Crippen LogP contribution in [0.4, 0.5) is 0 Å². The predicted molar refractivity (Wildman–Crippen MR) is 109 cm³/mol. The molecule has 0 radical (unpaired) electrons. The maximum Gasteiger partial charge on any atom is 0.0557 e. The number of nitrogens with zero attached hydrogens (tertiary/aromatic N) is 2. The number of thioether (sulfide) groups is 1. The van der Waals surface area contributed by atoms with E-state index in [4.69, 9.17) is 23.2 Å². The summed E-state index contributed by atoms with van der Waals surface area (Å²) in [4.78, 5) is 7.71. The third kappa shape index (κ3) is 4.72. The lowest BCUT2D eigenvalue weighted by Gasteiger charge is -2.34. The summed E-state index contributed by atoms with van der Waals surface area (Å²) >= 11 is 14.1. The van der Waals surface area contributed by atoms with Gasteiger partial charge in [-0.2, -0.15) is 0 Å². The Morgan fingerprint density at radius 3 is 2.80 bits per heavy atom. The second kappa shape index (κ2) is 8.48. The smallest absolute Gasteiger partial charge is 0.0557 e. The van der Waals surface area contributed by atoms with E-state index in [1.54, 1.807) is 11.8 Å². The summed E-state index contributed by atoms with van der Waals surface area (Å²) in [5.74, 6) is 1.49. The van der Waals surface area contributed by atoms with Crippen molar-refractivity contribution in [2.45, 2.75) is 30.4 Å². The molecule has 132 valence electrons. The summed E-state index contributed by atoms with van der Waals surface area (Å²) in [6, 6.07) is 7.76. The second-order valence-corrected chi connectivity index (χ2v) is 8.36. The Balaban J connectivity index is 1.70. The Kier molecular flexibility index (Phi) is 6.32. The van der Waals surface area contributed by atoms with Gasteiger partial charge in [-0.1, -0.05) is 42.8 Å². The van der Waals surface area contributed by atoms with E-state index in [0.717, 1.165) is 46.5 Å². The van der Waals surface area contributed by atoms with E-state index < -0.39 is 0 Å². The molecule has 0 saturated carbocycles. The molecular formula is C20H22Cl2N2S. The van der Waals surface area contributed by atoms with Gasteiger partial charge in [-0.05, 0) is 42.5 Å². The van der Waals surface area contributed by atoms with Crippen molar-refractivity contribution < 1.29 is 0 Å². The van der Waals surface area contributed by atoms with Gasteiger partial charge < -0.3 is 4.90 Å². The fraction of sp³-hybridized carbons (Fsp3) is 0.350. The van der Waals surface area contributed by atoms with Gasteiger partial charge in [0.1, 0.15) is 0 Å². The maximum atomic E-state index is 6.25. The molecule has 1 fully saturated rings. The summed E-state index contributed by atoms with van der Waals surface area (Å²) in [6.45, 7) is 8.77. The first-order chi connectivity index (χ1) is 12.0. The molecule has 1 aromatic carbocycles. The normalized spacial score (nSPS) is 17.6. The quantitative estimate of drug-likeness (QED) is 0.548. The van der Waals surface area contributed by atoms with Crippen molar-refractivity contribution >= 4 is 40.7 Å². The van der Waals surface area contributed by atoms with Gasteiger partial charge in [0, 0.05) is 47.4 Å². The number of aromatic nitrogens is 1. The van der Waals surface area contributed by atoms with Crippen molar-refractivity contribution in [2.75, 3.05) is 13.1 Å². The molecule has 2 heterocycles. The van der Waals surface area contributed by atoms with Crippen LogP contribution in [-0.2, 0) is 5.75 Å². The van der Waals surface area contributed by atoms with Gasteiger partial charge in [-0.3, -0.25) is 4.98 Å². The van der Waals surface area contributed by atoms with E-state index in [0.29, 0.717) is 10.0 Å². The zero-order chi connectivity index (χ0) is 17.8. The molecule has 0 aliphatic carbocycles. The SMILES string of the molecule is C=C(c1cncc(CSc2c(Cl)cccc2Cl)c1)N1CCCC(C)C1. The van der Waals surface area contributed by atoms with Crippen molar-refractivity contribution in [2.24, 2.45) is 5.92 Å². The van der Waals surface area contributed by atoms with Crippen molar-refractivity contribution in [3.63, 3.8) is 0 Å². The summed E-state index contributed by atoms with van der Waals surface area (Å²) in [6.07, 6.45) is 6.33. The van der Waals surface area contributed by atoms with E-state index in [1.165, 1.54) is 12.8 Å². The number of rotatable bonds is 5. The fourth-order valence-electron chi connectivity index (χ4n) is 3.12. The predicted octanol–water partition coefficient (Wildman–Crippen LogP) is 6.38. The Morgan fingerprint density at radius 1 is 1.32 bits per heavy atom. The van der Waals surface area contributed by atoms with Crippen LogP contribution in [0.1, 0.15) is 30.9 Å². The highest BCUT2D eigenvalue weighted by molar-refractivity contribution is 7.98. The van der Waals surface area contributed by atoms with Crippen LogP contribution in [0.2, 0.25) is 10.0 Å². The minimum Gasteiger partial charge on any atom is -0.371 e. The average Bonchev–Trinajstić information content (AvgIpc) is 2.61. The molecule has 1 aliphatic rings. The van der Waals surface area contributed by atoms with Gasteiger partial charge in [-0.25, -0.2) is 0 Å². The monoisotopic (exact) mass is 392 g/mol. The summed E-state index contributed by atoms with van der Waals surface area (Å²) in [5.41, 5.74) is 3.31. The molecule has 1 unspecified atom stereocenters. The van der Waals surface area contributed by atoms with Crippen molar-refractivity contribution in [1.82, 2.24) is 9.88 Å². The number of likely N-dealkylation sites (tertiary alicyclic amines) is 1. The van der Waals surface area contributed by atoms with Crippen LogP contribution in [0.3, 0.4) is 0 Å². The van der Waals surface area contributed by atoms with Gasteiger partial charge in [0.05, 0.1) is 10.0 Å². The van der Waals surface area contributed by atoms with Crippen LogP contribution >= 0.6 is 35.0 Å². The molecule has 25 heavy (non-hydrogen) atoms. The van der Waals surface area contributed by atoms with E-state index in [2.05, 4.69) is 29.5 Å². The van der Waals surface area contributed by atoms with E-state index >= 15 is 0 Å². The molecule has 1 atom stereocenters. The number of hydrogen-bond acceptors (Lipinski definition) is 3. The van der Waals surface area contributed by atoms with Crippen LogP contribution in [0, 0.1) is 5.92 Å². The lowest BCUT2D eigenvalue weighted by Crippen LogP contribution is -2.32. The average molecular weight is 393 g/mol. The Labute approximate surface area is 164 Å². The molecule has 0 spiro atoms. The largest absolute Gasteiger partial charge is 0.371 e. The van der Waals surface area contributed by atoms with Crippen molar-refractivity contribution in [1.29, 1.82) is 0 Å². The number of pyridine rings is 1. The van der Waals surface area contributed by atoms with Gasteiger partial charge in [0.25, 0.3) is 0 Å². The summed E-state index contributed by atoms with van der Waals surface area (Å²) in [7, 11) is 0. The van der Waals surface area contributed by atoms with Crippen LogP contribution < -0.4 is 0 Å². The minimum absolute atomic E-state index is 0.688. The second-order valence-electron chi connectivity index (χ2n) is 6.56. The van der Waals surface area contributed by atoms with Gasteiger partial charge in [0.2, 0.25) is 0 Å². The molecule has 3 rings (SSSR count). The molecule has 1 saturated heterocycles. The van der Waals surface area contributed by atoms with Gasteiger partial charge >= 0.3 is 0 Å². The number of piperidine rings is 1. The van der Waals surface area contributed by atoms with E-state index in [9.17, 15) is 0 Å². The topological polar surface area (TPSA) is 16.1 Å². The fourth-order valence-corrected chi connectivity index (χ4v) is 4.72. The maximum absolute atomic E-state index is 6.25. The third-order valence-electron chi connectivity index (χ3n) is 4.47. The molecule has 2 aromatic rings. The molecule has 1 aliphatic heterocycles. The van der Waals surface area contributed by atoms with E-state index in [-0.39, 0.29) is 0 Å². The Hall–Kier alpha value is -1.16. The Bertz CT molecular complexity index is 743. The molecule has 0 N–H and O–H groups in total. The van der Waals surface area contributed by atoms with E-state index in [1.807, 2.05) is 30.6 Å². The van der Waals surface area contributed by atoms with Gasteiger partial charge in [0.15, 0.2) is 0 Å². The van der Waals surface area contributed by atoms with Crippen LogP contribution in [0.25, 0.3) is 5.70 Å². The van der Waals surface area contributed by atoms with Crippen LogP contribution in [0.15, 0.2) is 48.1 Å². The van der Waals surface area contributed by atoms with Crippen LogP contribution in [-0.4, -0.2) is 23.0 Å². The minimum atomic E-state index is 0.688. The highest BCUT2D eigenvalue weighted by atomic mass is 35.5. The molecule has 1 aromatic heterocycles. The number of halogens is 2. The zero-order valence-electron chi connectivity index (χ0n) is 14.3. The molecule has 5 heteroatoms. The number of hydrogen-bond donors (Lipinski definition) is 0. The summed E-state index contributed by atoms with van der Waals surface area (Å²) in [5, 5.41) is 1.38. The zero-order valence-corrected chi connectivity index (χ0v) is 16.7. The number of benzene rings is 1. The molecule has 2 nitrogen and oxygen atoms in total. The first-order valence-corrected chi connectivity index (χ1v) is 10.2. The highest BCUT2D eigenvalue weighted by Gasteiger charge is 2.18. The standard InChI is InChI=1S/C20H22Cl2N2S/c1-14-5-4-8-24(12-14)15(2)17-9-16(10-23-11-17)13-25-20-18(21)6-3-7-19(20)22/h3,6-7,9-11,14H,2,4-5,8,12-13H2,1H3. The van der Waals surface area contributed by atoms with Crippen molar-refractivity contribution in [3.8, 4) is 0 Å². The third-order valence-corrected chi connectivity index (χ3v) is 6.53. The highest BCUT2D eigenvalue weighted by Crippen LogP contribution is 2.36.